The highest BCUT2D eigenvalue weighted by Crippen LogP contribution is 2.47. The van der Waals surface area contributed by atoms with Gasteiger partial charge in [0.1, 0.15) is 41.2 Å². The summed E-state index contributed by atoms with van der Waals surface area (Å²) in [6.45, 7) is 3.20. The Bertz CT molecular complexity index is 2580. The molecule has 8 rings (SSSR count). The highest BCUT2D eigenvalue weighted by molar-refractivity contribution is 6.31. The second-order valence-corrected chi connectivity index (χ2v) is 17.7. The van der Waals surface area contributed by atoms with Crippen molar-refractivity contribution in [3.05, 3.63) is 232 Å². The second-order valence-electron chi connectivity index (χ2n) is 17.3. The molecule has 1 N–H and O–H groups in total. The monoisotopic (exact) mass is 964 g/mol. The lowest BCUT2D eigenvalue weighted by molar-refractivity contribution is -0.414. The summed E-state index contributed by atoms with van der Waals surface area (Å²) in [6, 6.07) is 58.4. The van der Waals surface area contributed by atoms with Gasteiger partial charge in [0.2, 0.25) is 5.79 Å². The topological polar surface area (TPSA) is 103 Å². The van der Waals surface area contributed by atoms with Gasteiger partial charge in [-0.15, -0.1) is 0 Å². The molecular formula is C59H61ClO10. The lowest BCUT2D eigenvalue weighted by Crippen LogP contribution is -2.72. The molecule has 7 aromatic carbocycles. The van der Waals surface area contributed by atoms with Crippen LogP contribution in [0.1, 0.15) is 51.4 Å². The zero-order valence-corrected chi connectivity index (χ0v) is 40.7. The van der Waals surface area contributed by atoms with E-state index in [9.17, 15) is 5.11 Å². The largest absolute Gasteiger partial charge is 0.497 e. The van der Waals surface area contributed by atoms with Crippen molar-refractivity contribution < 1.29 is 47.7 Å². The summed E-state index contributed by atoms with van der Waals surface area (Å²) in [7, 11) is 3.27. The van der Waals surface area contributed by atoms with Gasteiger partial charge in [0.25, 0.3) is 0 Å². The Kier molecular flexibility index (Phi) is 17.7. The third-order valence-corrected chi connectivity index (χ3v) is 12.7. The molecule has 1 fully saturated rings. The van der Waals surface area contributed by atoms with Gasteiger partial charge in [-0.05, 0) is 101 Å². The van der Waals surface area contributed by atoms with Gasteiger partial charge in [0.05, 0.1) is 67.1 Å². The Labute approximate surface area is 416 Å². The highest BCUT2D eigenvalue weighted by atomic mass is 35.5. The van der Waals surface area contributed by atoms with E-state index in [4.69, 9.17) is 54.2 Å². The molecule has 10 nitrogen and oxygen atoms in total. The van der Waals surface area contributed by atoms with Crippen molar-refractivity contribution in [1.29, 1.82) is 0 Å². The lowest BCUT2D eigenvalue weighted by Gasteiger charge is -2.56. The van der Waals surface area contributed by atoms with Crippen molar-refractivity contribution in [2.24, 2.45) is 0 Å². The molecule has 0 radical (unpaired) electrons. The van der Waals surface area contributed by atoms with Crippen molar-refractivity contribution in [1.82, 2.24) is 0 Å². The van der Waals surface area contributed by atoms with E-state index in [-0.39, 0.29) is 46.2 Å². The summed E-state index contributed by atoms with van der Waals surface area (Å²) in [5.41, 5.74) is 5.17. The Morgan fingerprint density at radius 1 is 0.500 bits per heavy atom. The fourth-order valence-electron chi connectivity index (χ4n) is 8.66. The summed E-state index contributed by atoms with van der Waals surface area (Å²) >= 11 is 7.03. The average molecular weight is 966 g/mol. The van der Waals surface area contributed by atoms with Gasteiger partial charge in [0.15, 0.2) is 0 Å². The van der Waals surface area contributed by atoms with Crippen LogP contribution in [0.4, 0.5) is 0 Å². The van der Waals surface area contributed by atoms with Crippen LogP contribution in [0.2, 0.25) is 5.02 Å². The predicted molar refractivity (Wildman–Crippen MR) is 270 cm³/mol. The molecule has 0 bridgehead atoms. The van der Waals surface area contributed by atoms with Crippen LogP contribution in [0.5, 0.6) is 17.2 Å². The number of methoxy groups -OCH3 is 2. The first-order chi connectivity index (χ1) is 34.3. The number of hydrogen-bond acceptors (Lipinski definition) is 10. The Morgan fingerprint density at radius 3 is 1.43 bits per heavy atom. The molecule has 1 heterocycles. The van der Waals surface area contributed by atoms with Gasteiger partial charge in [-0.1, -0.05) is 145 Å². The van der Waals surface area contributed by atoms with Crippen LogP contribution in [0.3, 0.4) is 0 Å². The minimum Gasteiger partial charge on any atom is -0.497 e. The molecule has 1 aliphatic heterocycles. The Balaban J connectivity index is 1.26. The fourth-order valence-corrected chi connectivity index (χ4v) is 8.85. The molecule has 0 spiro atoms. The molecule has 364 valence electrons. The van der Waals surface area contributed by atoms with Crippen LogP contribution in [-0.4, -0.2) is 63.1 Å². The van der Waals surface area contributed by atoms with E-state index in [0.29, 0.717) is 23.6 Å². The molecule has 70 heavy (non-hydrogen) atoms. The van der Waals surface area contributed by atoms with Crippen LogP contribution in [0.15, 0.2) is 182 Å². The summed E-state index contributed by atoms with van der Waals surface area (Å²) in [4.78, 5) is 0. The van der Waals surface area contributed by atoms with Crippen LogP contribution in [-0.2, 0) is 73.7 Å². The van der Waals surface area contributed by atoms with E-state index in [2.05, 4.69) is 0 Å². The summed E-state index contributed by atoms with van der Waals surface area (Å²) < 4.78 is 58.8. The van der Waals surface area contributed by atoms with Crippen LogP contribution >= 0.6 is 11.6 Å². The van der Waals surface area contributed by atoms with E-state index in [0.717, 1.165) is 56.2 Å². The molecule has 0 aliphatic carbocycles. The number of benzene rings is 7. The third kappa shape index (κ3) is 13.0. The van der Waals surface area contributed by atoms with E-state index in [1.165, 1.54) is 0 Å². The number of rotatable bonds is 24. The maximum absolute atomic E-state index is 13.9. The number of halogens is 1. The van der Waals surface area contributed by atoms with E-state index < -0.39 is 29.7 Å². The maximum atomic E-state index is 13.9. The van der Waals surface area contributed by atoms with Crippen molar-refractivity contribution in [3.63, 3.8) is 0 Å². The SMILES string of the molecule is CCOc1ccc(Cc2cc(C3(O)OC(COCc4ccc(OC)cc4)(COCc4ccc(OC)cc4)[C@@H](OCc4ccccc4)[C@H](OCc4ccccc4)C3OCc3ccccc3)ccc2Cl)cc1. The van der Waals surface area contributed by atoms with E-state index in [1.807, 2.05) is 177 Å². The first-order valence-corrected chi connectivity index (χ1v) is 24.0. The molecular weight excluding hydrogens is 904 g/mol. The van der Waals surface area contributed by atoms with Gasteiger partial charge in [0, 0.05) is 10.6 Å². The second kappa shape index (κ2) is 24.7. The molecule has 1 saturated heterocycles. The lowest BCUT2D eigenvalue weighted by atomic mass is 9.80. The fraction of sp³-hybridized carbons (Fsp3) is 0.288. The van der Waals surface area contributed by atoms with E-state index in [1.54, 1.807) is 26.4 Å². The van der Waals surface area contributed by atoms with Gasteiger partial charge >= 0.3 is 0 Å². The first kappa shape index (κ1) is 50.3. The minimum absolute atomic E-state index is 0.0906. The van der Waals surface area contributed by atoms with Gasteiger partial charge in [-0.25, -0.2) is 0 Å². The highest BCUT2D eigenvalue weighted by Gasteiger charge is 2.64. The third-order valence-electron chi connectivity index (χ3n) is 12.3. The van der Waals surface area contributed by atoms with E-state index >= 15 is 0 Å². The van der Waals surface area contributed by atoms with Crippen molar-refractivity contribution in [3.8, 4) is 17.2 Å². The summed E-state index contributed by atoms with van der Waals surface area (Å²) in [6.07, 6.45) is -2.68. The zero-order valence-electron chi connectivity index (χ0n) is 39.9. The first-order valence-electron chi connectivity index (χ1n) is 23.6. The maximum Gasteiger partial charge on any atom is 0.223 e. The van der Waals surface area contributed by atoms with Crippen LogP contribution < -0.4 is 14.2 Å². The smallest absolute Gasteiger partial charge is 0.223 e. The standard InChI is InChI=1S/C59H61ClO10/c1-4-66-53-31-20-43(21-32-53)34-49-35-50(26-33-54(49)60)59(61)57(69-40-46-18-12-7-13-19-46)55(67-38-44-14-8-5-9-15-44)56(68-39-45-16-10-6-11-17-45)58(70-59,41-64-36-47-22-27-51(62-2)28-23-47)42-65-37-48-24-29-52(63-3)30-25-48/h5-33,35,55-57,61H,4,34,36-42H2,1-3H3/t55-,56-,57?,59?/m0/s1. The quantitative estimate of drug-likeness (QED) is 0.0630. The summed E-state index contributed by atoms with van der Waals surface area (Å²) in [5.74, 6) is 0.0206. The molecule has 11 heteroatoms. The van der Waals surface area contributed by atoms with Gasteiger partial charge in [-0.3, -0.25) is 0 Å². The van der Waals surface area contributed by atoms with Crippen LogP contribution in [0, 0.1) is 0 Å². The zero-order chi connectivity index (χ0) is 48.6. The minimum atomic E-state index is -2.21. The molecule has 0 aromatic heterocycles. The van der Waals surface area contributed by atoms with Gasteiger partial charge in [-0.2, -0.15) is 0 Å². The molecule has 0 amide bonds. The Hall–Kier alpha value is -6.05. The molecule has 1 aliphatic rings. The molecule has 2 unspecified atom stereocenters. The van der Waals surface area contributed by atoms with Crippen LogP contribution in [0.25, 0.3) is 0 Å². The van der Waals surface area contributed by atoms with Crippen molar-refractivity contribution >= 4 is 11.6 Å². The molecule has 4 atom stereocenters. The average Bonchev–Trinajstić information content (AvgIpc) is 3.40. The number of ether oxygens (including phenoxy) is 9. The normalized spacial score (nSPS) is 18.6. The summed E-state index contributed by atoms with van der Waals surface area (Å²) in [5, 5.41) is 14.5. The Morgan fingerprint density at radius 2 is 0.943 bits per heavy atom. The number of hydrogen-bond donors (Lipinski definition) is 1. The van der Waals surface area contributed by atoms with Crippen molar-refractivity contribution in [2.75, 3.05) is 34.0 Å². The number of aliphatic hydroxyl groups is 1. The van der Waals surface area contributed by atoms with Gasteiger partial charge < -0.3 is 47.7 Å². The predicted octanol–water partition coefficient (Wildman–Crippen LogP) is 11.5. The molecule has 7 aromatic rings. The molecule has 0 saturated carbocycles. The van der Waals surface area contributed by atoms with Crippen molar-refractivity contribution in [2.45, 2.75) is 76.1 Å².